The van der Waals surface area contributed by atoms with Crippen molar-refractivity contribution in [3.8, 4) is 0 Å². The summed E-state index contributed by atoms with van der Waals surface area (Å²) in [6.45, 7) is 9.46. The summed E-state index contributed by atoms with van der Waals surface area (Å²) in [5.41, 5.74) is 0.311. The fourth-order valence-electron chi connectivity index (χ4n) is 3.13. The highest BCUT2D eigenvalue weighted by atomic mass is 35.5. The SMILES string of the molecule is CCN(Cc1ccc(Cl)cc1Cl)C(=O)[C@@H]1CCCN(C(=O)OC(C)(C)C)C1. The Labute approximate surface area is 171 Å². The molecule has 27 heavy (non-hydrogen) atoms. The third kappa shape index (κ3) is 6.28. The van der Waals surface area contributed by atoms with Crippen LogP contribution in [0.4, 0.5) is 4.79 Å². The van der Waals surface area contributed by atoms with Crippen molar-refractivity contribution in [3.63, 3.8) is 0 Å². The topological polar surface area (TPSA) is 49.9 Å². The summed E-state index contributed by atoms with van der Waals surface area (Å²) in [7, 11) is 0. The highest BCUT2D eigenvalue weighted by Crippen LogP contribution is 2.25. The number of likely N-dealkylation sites (tertiary alicyclic amines) is 1. The quantitative estimate of drug-likeness (QED) is 0.696. The maximum absolute atomic E-state index is 13.0. The molecule has 1 aliphatic heterocycles. The summed E-state index contributed by atoms with van der Waals surface area (Å²) in [5, 5.41) is 1.12. The molecule has 0 radical (unpaired) electrons. The number of hydrogen-bond donors (Lipinski definition) is 0. The standard InChI is InChI=1S/C20H28Cl2N2O3/c1-5-23(12-14-8-9-16(21)11-17(14)22)18(25)15-7-6-10-24(13-15)19(26)27-20(2,3)4/h8-9,11,15H,5-7,10,12-13H2,1-4H3/t15-/m1/s1. The molecule has 1 saturated heterocycles. The molecule has 7 heteroatoms. The van der Waals surface area contributed by atoms with Crippen LogP contribution in [0.2, 0.25) is 10.0 Å². The van der Waals surface area contributed by atoms with Crippen molar-refractivity contribution in [2.75, 3.05) is 19.6 Å². The van der Waals surface area contributed by atoms with E-state index in [1.54, 1.807) is 21.9 Å². The predicted octanol–water partition coefficient (Wildman–Crippen LogP) is 4.99. The van der Waals surface area contributed by atoms with Gasteiger partial charge in [-0.25, -0.2) is 4.79 Å². The molecule has 2 amide bonds. The lowest BCUT2D eigenvalue weighted by Crippen LogP contribution is -2.47. The van der Waals surface area contributed by atoms with Gasteiger partial charge in [0.1, 0.15) is 5.60 Å². The van der Waals surface area contributed by atoms with Crippen LogP contribution in [-0.2, 0) is 16.1 Å². The van der Waals surface area contributed by atoms with Crippen molar-refractivity contribution >= 4 is 35.2 Å². The maximum Gasteiger partial charge on any atom is 0.410 e. The van der Waals surface area contributed by atoms with Gasteiger partial charge in [-0.3, -0.25) is 4.79 Å². The van der Waals surface area contributed by atoms with Crippen LogP contribution in [-0.4, -0.2) is 47.0 Å². The van der Waals surface area contributed by atoms with Gasteiger partial charge in [-0.2, -0.15) is 0 Å². The highest BCUT2D eigenvalue weighted by Gasteiger charge is 2.33. The molecule has 0 saturated carbocycles. The average molecular weight is 415 g/mol. The zero-order valence-corrected chi connectivity index (χ0v) is 17.9. The van der Waals surface area contributed by atoms with E-state index in [-0.39, 0.29) is 17.9 Å². The Morgan fingerprint density at radius 3 is 2.59 bits per heavy atom. The molecule has 1 heterocycles. The first kappa shape index (κ1) is 21.8. The molecule has 1 fully saturated rings. The molecule has 5 nitrogen and oxygen atoms in total. The fourth-order valence-corrected chi connectivity index (χ4v) is 3.60. The summed E-state index contributed by atoms with van der Waals surface area (Å²) < 4.78 is 5.45. The Bertz CT molecular complexity index is 688. The van der Waals surface area contributed by atoms with Crippen LogP contribution < -0.4 is 0 Å². The van der Waals surface area contributed by atoms with E-state index in [1.807, 2.05) is 33.8 Å². The van der Waals surface area contributed by atoms with Crippen LogP contribution in [0.15, 0.2) is 18.2 Å². The monoisotopic (exact) mass is 414 g/mol. The van der Waals surface area contributed by atoms with Gasteiger partial charge in [0, 0.05) is 36.2 Å². The van der Waals surface area contributed by atoms with Crippen molar-refractivity contribution in [2.24, 2.45) is 5.92 Å². The van der Waals surface area contributed by atoms with Crippen molar-refractivity contribution in [1.29, 1.82) is 0 Å². The number of carbonyl (C=O) groups excluding carboxylic acids is 2. The number of benzene rings is 1. The number of rotatable bonds is 4. The minimum atomic E-state index is -0.547. The van der Waals surface area contributed by atoms with Gasteiger partial charge >= 0.3 is 6.09 Å². The average Bonchev–Trinajstić information content (AvgIpc) is 2.59. The zero-order valence-electron chi connectivity index (χ0n) is 16.4. The van der Waals surface area contributed by atoms with E-state index >= 15 is 0 Å². The first-order valence-corrected chi connectivity index (χ1v) is 10.1. The number of carbonyl (C=O) groups is 2. The molecule has 1 atom stereocenters. The van der Waals surface area contributed by atoms with Gasteiger partial charge in [0.25, 0.3) is 0 Å². The van der Waals surface area contributed by atoms with Gasteiger partial charge in [-0.1, -0.05) is 29.3 Å². The molecule has 0 aliphatic carbocycles. The predicted molar refractivity (Wildman–Crippen MR) is 108 cm³/mol. The van der Waals surface area contributed by atoms with E-state index in [1.165, 1.54) is 0 Å². The minimum Gasteiger partial charge on any atom is -0.444 e. The summed E-state index contributed by atoms with van der Waals surface area (Å²) in [4.78, 5) is 28.8. The molecule has 0 unspecified atom stereocenters. The first-order valence-electron chi connectivity index (χ1n) is 9.31. The second kappa shape index (κ2) is 9.16. The highest BCUT2D eigenvalue weighted by molar-refractivity contribution is 6.35. The second-order valence-corrected chi connectivity index (χ2v) is 8.70. The van der Waals surface area contributed by atoms with E-state index in [9.17, 15) is 9.59 Å². The minimum absolute atomic E-state index is 0.0387. The largest absolute Gasteiger partial charge is 0.444 e. The zero-order chi connectivity index (χ0) is 20.2. The van der Waals surface area contributed by atoms with Gasteiger partial charge in [0.05, 0.1) is 5.92 Å². The molecule has 0 spiro atoms. The van der Waals surface area contributed by atoms with E-state index in [4.69, 9.17) is 27.9 Å². The second-order valence-electron chi connectivity index (χ2n) is 7.85. The van der Waals surface area contributed by atoms with Crippen LogP contribution in [0.25, 0.3) is 0 Å². The van der Waals surface area contributed by atoms with E-state index in [2.05, 4.69) is 0 Å². The van der Waals surface area contributed by atoms with Gasteiger partial charge < -0.3 is 14.5 Å². The number of hydrogen-bond acceptors (Lipinski definition) is 3. The third-order valence-electron chi connectivity index (χ3n) is 4.49. The Hall–Kier alpha value is -1.46. The smallest absolute Gasteiger partial charge is 0.410 e. The molecule has 2 rings (SSSR count). The Kier molecular flexibility index (Phi) is 7.40. The van der Waals surface area contributed by atoms with Crippen molar-refractivity contribution in [2.45, 2.75) is 52.7 Å². The van der Waals surface area contributed by atoms with Gasteiger partial charge in [-0.05, 0) is 58.2 Å². The maximum atomic E-state index is 13.0. The van der Waals surface area contributed by atoms with Gasteiger partial charge in [0.2, 0.25) is 5.91 Å². The lowest BCUT2D eigenvalue weighted by atomic mass is 9.96. The van der Waals surface area contributed by atoms with Crippen molar-refractivity contribution < 1.29 is 14.3 Å². The number of amides is 2. The number of halogens is 2. The van der Waals surface area contributed by atoms with Crippen LogP contribution in [0.5, 0.6) is 0 Å². The summed E-state index contributed by atoms with van der Waals surface area (Å²) in [6, 6.07) is 5.29. The first-order chi connectivity index (χ1) is 12.6. The number of piperidine rings is 1. The van der Waals surface area contributed by atoms with E-state index < -0.39 is 5.60 Å². The van der Waals surface area contributed by atoms with Crippen molar-refractivity contribution in [3.05, 3.63) is 33.8 Å². The summed E-state index contributed by atoms with van der Waals surface area (Å²) in [6.07, 6.45) is 1.20. The fraction of sp³-hybridized carbons (Fsp3) is 0.600. The van der Waals surface area contributed by atoms with E-state index in [0.29, 0.717) is 36.2 Å². The van der Waals surface area contributed by atoms with Crippen LogP contribution in [0, 0.1) is 5.92 Å². The summed E-state index contributed by atoms with van der Waals surface area (Å²) >= 11 is 12.2. The lowest BCUT2D eigenvalue weighted by molar-refractivity contribution is -0.137. The van der Waals surface area contributed by atoms with Crippen LogP contribution in [0.1, 0.15) is 46.1 Å². The molecular weight excluding hydrogens is 387 g/mol. The van der Waals surface area contributed by atoms with Crippen molar-refractivity contribution in [1.82, 2.24) is 9.80 Å². The summed E-state index contributed by atoms with van der Waals surface area (Å²) in [5.74, 6) is -0.186. The molecule has 0 N–H and O–H groups in total. The van der Waals surface area contributed by atoms with Crippen LogP contribution in [0.3, 0.4) is 0 Å². The molecule has 0 bridgehead atoms. The normalized spacial score (nSPS) is 17.6. The van der Waals surface area contributed by atoms with Crippen LogP contribution >= 0.6 is 23.2 Å². The van der Waals surface area contributed by atoms with E-state index in [0.717, 1.165) is 18.4 Å². The molecule has 1 aromatic carbocycles. The molecular formula is C20H28Cl2N2O3. The molecule has 0 aromatic heterocycles. The molecule has 150 valence electrons. The molecule has 1 aromatic rings. The number of ether oxygens (including phenoxy) is 1. The Balaban J connectivity index is 2.04. The lowest BCUT2D eigenvalue weighted by Gasteiger charge is -2.35. The van der Waals surface area contributed by atoms with Gasteiger partial charge in [0.15, 0.2) is 0 Å². The third-order valence-corrected chi connectivity index (χ3v) is 5.08. The Morgan fingerprint density at radius 2 is 2.00 bits per heavy atom. The van der Waals surface area contributed by atoms with Gasteiger partial charge in [-0.15, -0.1) is 0 Å². The molecule has 1 aliphatic rings. The number of nitrogens with zero attached hydrogens (tertiary/aromatic N) is 2. The Morgan fingerprint density at radius 1 is 1.30 bits per heavy atom.